The zero-order valence-electron chi connectivity index (χ0n) is 17.3. The monoisotopic (exact) mass is 417 g/mol. The number of benzene rings is 1. The average molecular weight is 418 g/mol. The second-order valence-electron chi connectivity index (χ2n) is 6.43. The van der Waals surface area contributed by atoms with E-state index in [1.807, 2.05) is 33.8 Å². The number of anilines is 1. The molecule has 1 amide bonds. The summed E-state index contributed by atoms with van der Waals surface area (Å²) >= 11 is 1.36. The van der Waals surface area contributed by atoms with Crippen molar-refractivity contribution < 1.29 is 13.9 Å². The first kappa shape index (κ1) is 22.5. The van der Waals surface area contributed by atoms with Crippen molar-refractivity contribution in [1.29, 1.82) is 0 Å². The Hall–Kier alpha value is -2.78. The van der Waals surface area contributed by atoms with E-state index in [0.29, 0.717) is 45.7 Å². The fourth-order valence-electron chi connectivity index (χ4n) is 2.70. The van der Waals surface area contributed by atoms with Gasteiger partial charge in [-0.2, -0.15) is 0 Å². The quantitative estimate of drug-likeness (QED) is 0.591. The maximum atomic E-state index is 12.5. The zero-order valence-corrected chi connectivity index (χ0v) is 18.1. The Morgan fingerprint density at radius 1 is 1.31 bits per heavy atom. The molecule has 1 unspecified atom stereocenters. The van der Waals surface area contributed by atoms with Crippen LogP contribution in [0.4, 0.5) is 5.69 Å². The van der Waals surface area contributed by atoms with E-state index in [2.05, 4.69) is 20.5 Å². The summed E-state index contributed by atoms with van der Waals surface area (Å²) in [6, 6.07) is 2.96. The third-order valence-corrected chi connectivity index (χ3v) is 4.67. The molecular formula is C20H27N5O3S. The summed E-state index contributed by atoms with van der Waals surface area (Å²) in [5.41, 5.74) is 9.60. The Labute approximate surface area is 174 Å². The van der Waals surface area contributed by atoms with Crippen LogP contribution in [0.3, 0.4) is 0 Å². The highest BCUT2D eigenvalue weighted by molar-refractivity contribution is 7.12. The van der Waals surface area contributed by atoms with Gasteiger partial charge in [0.1, 0.15) is 16.3 Å². The van der Waals surface area contributed by atoms with Gasteiger partial charge in [0, 0.05) is 11.6 Å². The van der Waals surface area contributed by atoms with Crippen molar-refractivity contribution in [1.82, 2.24) is 15.2 Å². The summed E-state index contributed by atoms with van der Waals surface area (Å²) in [4.78, 5) is 16.5. The molecule has 0 aliphatic carbocycles. The maximum absolute atomic E-state index is 12.5. The first-order valence-electron chi connectivity index (χ1n) is 9.43. The molecule has 156 valence electrons. The number of nitrogens with two attached hydrogens (primary N) is 1. The fraction of sp³-hybridized carbons (Fsp3) is 0.400. The van der Waals surface area contributed by atoms with Crippen molar-refractivity contribution in [3.8, 4) is 27.6 Å². The molecular weight excluding hydrogens is 390 g/mol. The van der Waals surface area contributed by atoms with E-state index < -0.39 is 6.04 Å². The summed E-state index contributed by atoms with van der Waals surface area (Å²) in [5.74, 6) is 1.14. The van der Waals surface area contributed by atoms with Gasteiger partial charge in [-0.3, -0.25) is 4.79 Å². The van der Waals surface area contributed by atoms with Crippen LogP contribution in [0.2, 0.25) is 0 Å². The number of carbonyl (C=O) groups excluding carboxylic acids is 1. The largest absolute Gasteiger partial charge is 0.496 e. The Morgan fingerprint density at radius 3 is 2.62 bits per heavy atom. The normalized spacial score (nSPS) is 11.6. The zero-order chi connectivity index (χ0) is 21.4. The molecule has 1 atom stereocenters. The summed E-state index contributed by atoms with van der Waals surface area (Å²) in [6.45, 7) is 8.05. The van der Waals surface area contributed by atoms with Crippen molar-refractivity contribution in [3.63, 3.8) is 0 Å². The minimum absolute atomic E-state index is 0.260. The van der Waals surface area contributed by atoms with Gasteiger partial charge >= 0.3 is 0 Å². The van der Waals surface area contributed by atoms with E-state index in [9.17, 15) is 4.79 Å². The van der Waals surface area contributed by atoms with Crippen molar-refractivity contribution in [2.75, 3.05) is 12.4 Å². The van der Waals surface area contributed by atoms with Crippen LogP contribution in [0.25, 0.3) is 21.9 Å². The summed E-state index contributed by atoms with van der Waals surface area (Å²) in [6.07, 6.45) is 3.53. The van der Waals surface area contributed by atoms with E-state index in [1.54, 1.807) is 24.9 Å². The molecule has 0 saturated heterocycles. The molecule has 0 saturated carbocycles. The second kappa shape index (κ2) is 10.7. The predicted molar refractivity (Wildman–Crippen MR) is 115 cm³/mol. The lowest BCUT2D eigenvalue weighted by Gasteiger charge is -2.17. The Balaban J connectivity index is 0.00000145. The lowest BCUT2D eigenvalue weighted by Crippen LogP contribution is -2.36. The Bertz CT molecular complexity index is 895. The number of rotatable bonds is 7. The van der Waals surface area contributed by atoms with Crippen molar-refractivity contribution >= 4 is 22.9 Å². The minimum Gasteiger partial charge on any atom is -0.496 e. The number of hydrogen-bond acceptors (Lipinski definition) is 8. The van der Waals surface area contributed by atoms with Gasteiger partial charge in [-0.15, -0.1) is 10.2 Å². The minimum atomic E-state index is -0.604. The second-order valence-corrected chi connectivity index (χ2v) is 7.27. The van der Waals surface area contributed by atoms with Gasteiger partial charge in [0.2, 0.25) is 5.91 Å². The molecule has 3 N–H and O–H groups in total. The summed E-state index contributed by atoms with van der Waals surface area (Å²) < 4.78 is 10.9. The van der Waals surface area contributed by atoms with Crippen LogP contribution in [0, 0.1) is 5.92 Å². The van der Waals surface area contributed by atoms with Crippen LogP contribution in [-0.4, -0.2) is 34.2 Å². The molecule has 0 aliphatic heterocycles. The van der Waals surface area contributed by atoms with E-state index in [-0.39, 0.29) is 5.91 Å². The number of nitrogens with one attached hydrogen (secondary N) is 1. The molecule has 1 aromatic carbocycles. The van der Waals surface area contributed by atoms with Gasteiger partial charge in [-0.1, -0.05) is 39.0 Å². The molecule has 29 heavy (non-hydrogen) atoms. The third kappa shape index (κ3) is 5.61. The van der Waals surface area contributed by atoms with E-state index >= 15 is 0 Å². The van der Waals surface area contributed by atoms with Gasteiger partial charge in [0.05, 0.1) is 30.6 Å². The predicted octanol–water partition coefficient (Wildman–Crippen LogP) is 4.21. The van der Waals surface area contributed by atoms with Gasteiger partial charge in [-0.25, -0.2) is 4.98 Å². The average Bonchev–Trinajstić information content (AvgIpc) is 3.42. The molecule has 2 heterocycles. The lowest BCUT2D eigenvalue weighted by molar-refractivity contribution is -0.117. The van der Waals surface area contributed by atoms with Gasteiger partial charge < -0.3 is 20.2 Å². The maximum Gasteiger partial charge on any atom is 0.241 e. The highest BCUT2D eigenvalue weighted by Crippen LogP contribution is 2.40. The van der Waals surface area contributed by atoms with Gasteiger partial charge in [0.15, 0.2) is 12.2 Å². The van der Waals surface area contributed by atoms with Crippen molar-refractivity contribution in [2.45, 2.75) is 40.2 Å². The molecule has 0 fully saturated rings. The number of amides is 1. The number of oxazole rings is 1. The van der Waals surface area contributed by atoms with Crippen LogP contribution in [0.15, 0.2) is 34.7 Å². The molecule has 2 aromatic heterocycles. The molecule has 9 heteroatoms. The topological polar surface area (TPSA) is 116 Å². The molecule has 3 aromatic rings. The number of methoxy groups -OCH3 is 1. The summed E-state index contributed by atoms with van der Waals surface area (Å²) in [7, 11) is 1.55. The standard InChI is InChI=1S/C18H21N5O3S.C2H6/c1-10(2)4-13(19)17(24)22-14-6-15(25-3)12(16-7-20-8-26-16)5-11(14)18-23-21-9-27-18;1-2/h5-10,13H,4,19H2,1-3H3,(H,22,24);1-2H3. The van der Waals surface area contributed by atoms with E-state index in [1.165, 1.54) is 17.7 Å². The molecule has 0 radical (unpaired) electrons. The van der Waals surface area contributed by atoms with E-state index in [0.717, 1.165) is 0 Å². The van der Waals surface area contributed by atoms with Crippen molar-refractivity contribution in [3.05, 3.63) is 30.2 Å². The van der Waals surface area contributed by atoms with E-state index in [4.69, 9.17) is 14.9 Å². The molecule has 0 bridgehead atoms. The number of ether oxygens (including phenoxy) is 1. The fourth-order valence-corrected chi connectivity index (χ4v) is 3.29. The lowest BCUT2D eigenvalue weighted by atomic mass is 10.0. The number of hydrogen-bond donors (Lipinski definition) is 2. The number of carbonyl (C=O) groups is 1. The van der Waals surface area contributed by atoms with Crippen LogP contribution < -0.4 is 15.8 Å². The van der Waals surface area contributed by atoms with Crippen LogP contribution in [0.5, 0.6) is 5.75 Å². The van der Waals surface area contributed by atoms with Crippen LogP contribution in [-0.2, 0) is 4.79 Å². The van der Waals surface area contributed by atoms with Crippen LogP contribution >= 0.6 is 11.3 Å². The highest BCUT2D eigenvalue weighted by atomic mass is 32.1. The molecule has 0 spiro atoms. The summed E-state index contributed by atoms with van der Waals surface area (Å²) in [5, 5.41) is 11.6. The van der Waals surface area contributed by atoms with Crippen molar-refractivity contribution in [2.24, 2.45) is 11.7 Å². The number of nitrogens with zero attached hydrogens (tertiary/aromatic N) is 3. The number of aromatic nitrogens is 3. The smallest absolute Gasteiger partial charge is 0.241 e. The molecule has 3 rings (SSSR count). The molecule has 0 aliphatic rings. The highest BCUT2D eigenvalue weighted by Gasteiger charge is 2.21. The first-order valence-corrected chi connectivity index (χ1v) is 10.3. The first-order chi connectivity index (χ1) is 14.0. The Kier molecular flexibility index (Phi) is 8.29. The Morgan fingerprint density at radius 2 is 2.07 bits per heavy atom. The third-order valence-electron chi connectivity index (χ3n) is 3.95. The van der Waals surface area contributed by atoms with Gasteiger partial charge in [0.25, 0.3) is 0 Å². The molecule has 8 nitrogen and oxygen atoms in total. The SMILES string of the molecule is CC.COc1cc(NC(=O)C(N)CC(C)C)c(-c2nncs2)cc1-c1cnco1. The van der Waals surface area contributed by atoms with Crippen LogP contribution in [0.1, 0.15) is 34.1 Å². The van der Waals surface area contributed by atoms with Gasteiger partial charge in [-0.05, 0) is 18.4 Å².